The van der Waals surface area contributed by atoms with Gasteiger partial charge in [-0.25, -0.2) is 4.98 Å². The fourth-order valence-electron chi connectivity index (χ4n) is 0.660. The number of rotatable bonds is 2. The van der Waals surface area contributed by atoms with E-state index in [2.05, 4.69) is 4.98 Å². The summed E-state index contributed by atoms with van der Waals surface area (Å²) >= 11 is 0. The van der Waals surface area contributed by atoms with Crippen molar-refractivity contribution < 1.29 is 4.74 Å². The average molecular weight is 151 g/mol. The fourth-order valence-corrected chi connectivity index (χ4v) is 0.660. The topological polar surface area (TPSA) is 72.0 Å². The maximum atomic E-state index is 7.06. The molecule has 0 amide bonds. The average Bonchev–Trinajstić information content (AvgIpc) is 2.05. The number of hydrogen-bond donors (Lipinski definition) is 2. The summed E-state index contributed by atoms with van der Waals surface area (Å²) in [4.78, 5) is 3.88. The van der Waals surface area contributed by atoms with Crippen molar-refractivity contribution >= 4 is 5.84 Å². The third-order valence-electron chi connectivity index (χ3n) is 1.26. The standard InChI is InChI=1S/C7H9N3O/c1-11-6-3-2-5(4-10-6)7(8)9/h2-4H,1H3,(H3,8,9). The number of nitrogens with one attached hydrogen (secondary N) is 1. The van der Waals surface area contributed by atoms with E-state index >= 15 is 0 Å². The second-order valence-electron chi connectivity index (χ2n) is 2.00. The van der Waals surface area contributed by atoms with Gasteiger partial charge in [0.25, 0.3) is 0 Å². The maximum Gasteiger partial charge on any atom is 0.212 e. The molecule has 3 N–H and O–H groups in total. The summed E-state index contributed by atoms with van der Waals surface area (Å²) in [5, 5.41) is 7.06. The molecule has 1 aromatic heterocycles. The Hall–Kier alpha value is -1.58. The minimum Gasteiger partial charge on any atom is -0.481 e. The lowest BCUT2D eigenvalue weighted by Crippen LogP contribution is -2.11. The summed E-state index contributed by atoms with van der Waals surface area (Å²) in [7, 11) is 1.54. The monoisotopic (exact) mass is 151 g/mol. The van der Waals surface area contributed by atoms with E-state index < -0.39 is 0 Å². The molecule has 0 aromatic carbocycles. The molecule has 0 unspecified atom stereocenters. The molecular weight excluding hydrogens is 142 g/mol. The van der Waals surface area contributed by atoms with Crippen molar-refractivity contribution in [2.75, 3.05) is 7.11 Å². The first-order chi connectivity index (χ1) is 5.24. The Bertz CT molecular complexity index is 255. The second-order valence-corrected chi connectivity index (χ2v) is 2.00. The smallest absolute Gasteiger partial charge is 0.212 e. The van der Waals surface area contributed by atoms with E-state index in [-0.39, 0.29) is 5.84 Å². The zero-order valence-corrected chi connectivity index (χ0v) is 6.16. The Balaban J connectivity index is 2.91. The number of nitrogens with zero attached hydrogens (tertiary/aromatic N) is 1. The van der Waals surface area contributed by atoms with Crippen molar-refractivity contribution in [1.29, 1.82) is 5.41 Å². The summed E-state index contributed by atoms with van der Waals surface area (Å²) < 4.78 is 4.83. The van der Waals surface area contributed by atoms with Gasteiger partial charge in [-0.3, -0.25) is 5.41 Å². The molecule has 0 bridgehead atoms. The SMILES string of the molecule is COc1ccc(C(=N)N)cn1. The molecular formula is C7H9N3O. The van der Waals surface area contributed by atoms with Gasteiger partial charge in [-0.1, -0.05) is 0 Å². The molecule has 0 radical (unpaired) electrons. The molecule has 4 heteroatoms. The quantitative estimate of drug-likeness (QED) is 0.474. The van der Waals surface area contributed by atoms with Gasteiger partial charge in [0.1, 0.15) is 5.84 Å². The highest BCUT2D eigenvalue weighted by Gasteiger charge is 1.96. The van der Waals surface area contributed by atoms with Gasteiger partial charge in [0, 0.05) is 17.8 Å². The zero-order valence-electron chi connectivity index (χ0n) is 6.16. The number of ether oxygens (including phenoxy) is 1. The van der Waals surface area contributed by atoms with Crippen LogP contribution in [0.2, 0.25) is 0 Å². The molecule has 0 atom stereocenters. The van der Waals surface area contributed by atoms with Crippen molar-refractivity contribution in [2.24, 2.45) is 5.73 Å². The number of hydrogen-bond acceptors (Lipinski definition) is 3. The largest absolute Gasteiger partial charge is 0.481 e. The van der Waals surface area contributed by atoms with Crippen LogP contribution in [-0.2, 0) is 0 Å². The van der Waals surface area contributed by atoms with E-state index in [1.54, 1.807) is 12.1 Å². The Morgan fingerprint density at radius 2 is 2.36 bits per heavy atom. The summed E-state index contributed by atoms with van der Waals surface area (Å²) in [6, 6.07) is 3.35. The number of aromatic nitrogens is 1. The van der Waals surface area contributed by atoms with E-state index in [0.717, 1.165) is 0 Å². The van der Waals surface area contributed by atoms with Crippen molar-refractivity contribution in [3.05, 3.63) is 23.9 Å². The van der Waals surface area contributed by atoms with E-state index in [1.165, 1.54) is 13.3 Å². The molecule has 0 saturated heterocycles. The summed E-state index contributed by atoms with van der Waals surface area (Å²) in [5.41, 5.74) is 5.81. The van der Waals surface area contributed by atoms with E-state index in [9.17, 15) is 0 Å². The number of methoxy groups -OCH3 is 1. The van der Waals surface area contributed by atoms with Crippen LogP contribution in [0.1, 0.15) is 5.56 Å². The van der Waals surface area contributed by atoms with Crippen LogP contribution < -0.4 is 10.5 Å². The van der Waals surface area contributed by atoms with Gasteiger partial charge in [0.2, 0.25) is 5.88 Å². The Morgan fingerprint density at radius 1 is 1.64 bits per heavy atom. The summed E-state index contributed by atoms with van der Waals surface area (Å²) in [5.74, 6) is 0.537. The van der Waals surface area contributed by atoms with Crippen LogP contribution in [-0.4, -0.2) is 17.9 Å². The van der Waals surface area contributed by atoms with Crippen LogP contribution in [0.5, 0.6) is 5.88 Å². The van der Waals surface area contributed by atoms with Gasteiger partial charge in [-0.15, -0.1) is 0 Å². The van der Waals surface area contributed by atoms with E-state index in [0.29, 0.717) is 11.4 Å². The molecule has 11 heavy (non-hydrogen) atoms. The second kappa shape index (κ2) is 3.01. The lowest BCUT2D eigenvalue weighted by molar-refractivity contribution is 0.398. The molecule has 0 saturated carbocycles. The first-order valence-electron chi connectivity index (χ1n) is 3.08. The highest BCUT2D eigenvalue weighted by Crippen LogP contribution is 2.05. The van der Waals surface area contributed by atoms with Gasteiger partial charge in [-0.2, -0.15) is 0 Å². The van der Waals surface area contributed by atoms with Gasteiger partial charge < -0.3 is 10.5 Å². The normalized spacial score (nSPS) is 9.18. The highest BCUT2D eigenvalue weighted by atomic mass is 16.5. The number of nitrogens with two attached hydrogens (primary N) is 1. The van der Waals surface area contributed by atoms with Crippen molar-refractivity contribution in [3.63, 3.8) is 0 Å². The van der Waals surface area contributed by atoms with E-state index in [4.69, 9.17) is 15.9 Å². The third-order valence-corrected chi connectivity index (χ3v) is 1.26. The Kier molecular flexibility index (Phi) is 2.06. The molecule has 0 aliphatic carbocycles. The summed E-state index contributed by atoms with van der Waals surface area (Å²) in [6.07, 6.45) is 1.50. The van der Waals surface area contributed by atoms with Crippen LogP contribution in [0, 0.1) is 5.41 Å². The van der Waals surface area contributed by atoms with Gasteiger partial charge in [0.15, 0.2) is 0 Å². The number of amidine groups is 1. The zero-order chi connectivity index (χ0) is 8.27. The highest BCUT2D eigenvalue weighted by molar-refractivity contribution is 5.94. The van der Waals surface area contributed by atoms with Gasteiger partial charge >= 0.3 is 0 Å². The molecule has 1 heterocycles. The molecule has 0 aliphatic heterocycles. The van der Waals surface area contributed by atoms with Gasteiger partial charge in [0.05, 0.1) is 7.11 Å². The van der Waals surface area contributed by atoms with Crippen LogP contribution >= 0.6 is 0 Å². The fraction of sp³-hybridized carbons (Fsp3) is 0.143. The molecule has 0 spiro atoms. The minimum atomic E-state index is 0.0140. The first kappa shape index (κ1) is 7.53. The van der Waals surface area contributed by atoms with Crippen molar-refractivity contribution in [2.45, 2.75) is 0 Å². The number of pyridine rings is 1. The molecule has 1 aromatic rings. The van der Waals surface area contributed by atoms with Gasteiger partial charge in [-0.05, 0) is 6.07 Å². The molecule has 1 rings (SSSR count). The lowest BCUT2D eigenvalue weighted by atomic mass is 10.3. The summed E-state index contributed by atoms with van der Waals surface area (Å²) in [6.45, 7) is 0. The van der Waals surface area contributed by atoms with Crippen LogP contribution in [0.3, 0.4) is 0 Å². The molecule has 58 valence electrons. The Morgan fingerprint density at radius 3 is 2.73 bits per heavy atom. The molecule has 0 aliphatic rings. The lowest BCUT2D eigenvalue weighted by Gasteiger charge is -1.99. The van der Waals surface area contributed by atoms with Crippen molar-refractivity contribution in [1.82, 2.24) is 4.98 Å². The Labute approximate surface area is 64.5 Å². The minimum absolute atomic E-state index is 0.0140. The van der Waals surface area contributed by atoms with Crippen LogP contribution in [0.25, 0.3) is 0 Å². The predicted molar refractivity (Wildman–Crippen MR) is 41.8 cm³/mol. The molecule has 4 nitrogen and oxygen atoms in total. The van der Waals surface area contributed by atoms with Crippen LogP contribution in [0.4, 0.5) is 0 Å². The first-order valence-corrected chi connectivity index (χ1v) is 3.08. The third kappa shape index (κ3) is 1.67. The van der Waals surface area contributed by atoms with Crippen LogP contribution in [0.15, 0.2) is 18.3 Å². The van der Waals surface area contributed by atoms with Crippen molar-refractivity contribution in [3.8, 4) is 5.88 Å². The van der Waals surface area contributed by atoms with E-state index in [1.807, 2.05) is 0 Å². The predicted octanol–water partition coefficient (Wildman–Crippen LogP) is 0.374. The maximum absolute atomic E-state index is 7.06. The molecule has 0 fully saturated rings. The number of nitrogen functional groups attached to an aromatic ring is 1.